The number of ketones is 1. The molecule has 1 rings (SSSR count). The van der Waals surface area contributed by atoms with Crippen molar-refractivity contribution >= 4 is 5.78 Å². The van der Waals surface area contributed by atoms with Crippen LogP contribution in [-0.4, -0.2) is 29.8 Å². The molecule has 0 N–H and O–H groups in total. The zero-order valence-corrected chi connectivity index (χ0v) is 9.32. The first kappa shape index (κ1) is 13.2. The Morgan fingerprint density at radius 1 is 1.41 bits per heavy atom. The number of carbonyl (C=O) groups is 1. The Morgan fingerprint density at radius 3 is 2.59 bits per heavy atom. The maximum absolute atomic E-state index is 12.6. The van der Waals surface area contributed by atoms with Gasteiger partial charge in [0.2, 0.25) is 0 Å². The SMILES string of the molecule is CN(C)C=CC(=O)c1cccnc1C(F)(F)F. The van der Waals surface area contributed by atoms with E-state index in [1.165, 1.54) is 12.3 Å². The van der Waals surface area contributed by atoms with Crippen LogP contribution in [-0.2, 0) is 6.18 Å². The molecule has 0 aromatic carbocycles. The third-order valence-corrected chi connectivity index (χ3v) is 1.87. The molecule has 0 radical (unpaired) electrons. The number of pyridine rings is 1. The second-order valence-corrected chi connectivity index (χ2v) is 3.54. The molecule has 0 amide bonds. The van der Waals surface area contributed by atoms with Crippen molar-refractivity contribution < 1.29 is 18.0 Å². The van der Waals surface area contributed by atoms with Gasteiger partial charge in [0.1, 0.15) is 0 Å². The van der Waals surface area contributed by atoms with Crippen LogP contribution in [0.2, 0.25) is 0 Å². The molecule has 1 aromatic heterocycles. The number of aromatic nitrogens is 1. The summed E-state index contributed by atoms with van der Waals surface area (Å²) in [7, 11) is 3.33. The fraction of sp³-hybridized carbons (Fsp3) is 0.273. The van der Waals surface area contributed by atoms with Gasteiger partial charge in [0.05, 0.1) is 5.56 Å². The van der Waals surface area contributed by atoms with Gasteiger partial charge in [-0.1, -0.05) is 0 Å². The molecule has 3 nitrogen and oxygen atoms in total. The molecule has 0 aliphatic carbocycles. The van der Waals surface area contributed by atoms with E-state index in [4.69, 9.17) is 0 Å². The normalized spacial score (nSPS) is 11.8. The van der Waals surface area contributed by atoms with E-state index in [-0.39, 0.29) is 0 Å². The average Bonchev–Trinajstić information content (AvgIpc) is 2.24. The van der Waals surface area contributed by atoms with Crippen molar-refractivity contribution in [3.8, 4) is 0 Å². The molecule has 0 spiro atoms. The van der Waals surface area contributed by atoms with Crippen molar-refractivity contribution in [2.24, 2.45) is 0 Å². The molecule has 0 unspecified atom stereocenters. The Morgan fingerprint density at radius 2 is 2.06 bits per heavy atom. The van der Waals surface area contributed by atoms with E-state index in [1.54, 1.807) is 19.0 Å². The number of hydrogen-bond acceptors (Lipinski definition) is 3. The lowest BCUT2D eigenvalue weighted by molar-refractivity contribution is -0.141. The molecule has 0 saturated carbocycles. The lowest BCUT2D eigenvalue weighted by atomic mass is 10.1. The van der Waals surface area contributed by atoms with Crippen LogP contribution in [0.4, 0.5) is 13.2 Å². The highest BCUT2D eigenvalue weighted by atomic mass is 19.4. The highest BCUT2D eigenvalue weighted by Crippen LogP contribution is 2.30. The number of halogens is 3. The standard InChI is InChI=1S/C11H11F3N2O/c1-16(2)7-5-9(17)8-4-3-6-15-10(8)11(12,13)14/h3-7H,1-2H3. The fourth-order valence-corrected chi connectivity index (χ4v) is 1.14. The van der Waals surface area contributed by atoms with E-state index in [2.05, 4.69) is 4.98 Å². The molecule has 0 atom stereocenters. The third kappa shape index (κ3) is 3.58. The first-order valence-corrected chi connectivity index (χ1v) is 4.73. The topological polar surface area (TPSA) is 33.2 Å². The van der Waals surface area contributed by atoms with Gasteiger partial charge in [0, 0.05) is 32.6 Å². The zero-order valence-electron chi connectivity index (χ0n) is 9.32. The quantitative estimate of drug-likeness (QED) is 0.604. The van der Waals surface area contributed by atoms with Gasteiger partial charge in [-0.25, -0.2) is 0 Å². The lowest BCUT2D eigenvalue weighted by Crippen LogP contribution is -2.14. The van der Waals surface area contributed by atoms with E-state index < -0.39 is 23.2 Å². The van der Waals surface area contributed by atoms with E-state index >= 15 is 0 Å². The highest BCUT2D eigenvalue weighted by molar-refractivity contribution is 6.05. The third-order valence-electron chi connectivity index (χ3n) is 1.87. The van der Waals surface area contributed by atoms with Crippen molar-refractivity contribution in [2.75, 3.05) is 14.1 Å². The summed E-state index contributed by atoms with van der Waals surface area (Å²) in [5, 5.41) is 0. The second-order valence-electron chi connectivity index (χ2n) is 3.54. The maximum Gasteiger partial charge on any atom is 0.434 e. The molecule has 0 fully saturated rings. The van der Waals surface area contributed by atoms with Gasteiger partial charge in [-0.15, -0.1) is 0 Å². The van der Waals surface area contributed by atoms with E-state index in [0.29, 0.717) is 0 Å². The number of carbonyl (C=O) groups excluding carboxylic acids is 1. The number of rotatable bonds is 3. The molecular weight excluding hydrogens is 233 g/mol. The Bertz CT molecular complexity index is 439. The molecule has 0 bridgehead atoms. The minimum Gasteiger partial charge on any atom is -0.383 e. The second kappa shape index (κ2) is 4.99. The first-order chi connectivity index (χ1) is 7.82. The van der Waals surface area contributed by atoms with Gasteiger partial charge in [-0.05, 0) is 12.1 Å². The van der Waals surface area contributed by atoms with Crippen LogP contribution >= 0.6 is 0 Å². The van der Waals surface area contributed by atoms with Crippen LogP contribution in [0, 0.1) is 0 Å². The summed E-state index contributed by atoms with van der Waals surface area (Å²) in [6.45, 7) is 0. The summed E-state index contributed by atoms with van der Waals surface area (Å²) in [6.07, 6.45) is -1.16. The van der Waals surface area contributed by atoms with Crippen molar-refractivity contribution in [1.29, 1.82) is 0 Å². The Hall–Kier alpha value is -1.85. The van der Waals surface area contributed by atoms with Gasteiger partial charge >= 0.3 is 6.18 Å². The maximum atomic E-state index is 12.6. The molecule has 17 heavy (non-hydrogen) atoms. The number of alkyl halides is 3. The summed E-state index contributed by atoms with van der Waals surface area (Å²) >= 11 is 0. The number of hydrogen-bond donors (Lipinski definition) is 0. The summed E-state index contributed by atoms with van der Waals surface area (Å²) in [5.74, 6) is -0.723. The fourth-order valence-electron chi connectivity index (χ4n) is 1.14. The smallest absolute Gasteiger partial charge is 0.383 e. The van der Waals surface area contributed by atoms with Crippen LogP contribution < -0.4 is 0 Å². The van der Waals surface area contributed by atoms with Crippen molar-refractivity contribution in [3.05, 3.63) is 41.9 Å². The van der Waals surface area contributed by atoms with E-state index in [0.717, 1.165) is 18.3 Å². The average molecular weight is 244 g/mol. The van der Waals surface area contributed by atoms with E-state index in [1.807, 2.05) is 0 Å². The summed E-state index contributed by atoms with van der Waals surface area (Å²) in [4.78, 5) is 16.3. The summed E-state index contributed by atoms with van der Waals surface area (Å²) in [5.41, 5.74) is -1.61. The van der Waals surface area contributed by atoms with Gasteiger partial charge in [0.15, 0.2) is 11.5 Å². The Kier molecular flexibility index (Phi) is 3.88. The van der Waals surface area contributed by atoms with Crippen molar-refractivity contribution in [2.45, 2.75) is 6.18 Å². The van der Waals surface area contributed by atoms with E-state index in [9.17, 15) is 18.0 Å². The lowest BCUT2D eigenvalue weighted by Gasteiger charge is -2.09. The molecule has 0 aliphatic heterocycles. The van der Waals surface area contributed by atoms with Gasteiger partial charge in [-0.3, -0.25) is 9.78 Å². The predicted octanol–water partition coefficient (Wildman–Crippen LogP) is 2.36. The molecule has 6 heteroatoms. The summed E-state index contributed by atoms with van der Waals surface area (Å²) < 4.78 is 37.7. The minimum atomic E-state index is -4.63. The number of nitrogens with zero attached hydrogens (tertiary/aromatic N) is 2. The van der Waals surface area contributed by atoms with Crippen molar-refractivity contribution in [1.82, 2.24) is 9.88 Å². The Labute approximate surface area is 96.6 Å². The van der Waals surface area contributed by atoms with Gasteiger partial charge in [0.25, 0.3) is 0 Å². The molecule has 1 heterocycles. The minimum absolute atomic E-state index is 0.446. The van der Waals surface area contributed by atoms with Gasteiger partial charge in [-0.2, -0.15) is 13.2 Å². The summed E-state index contributed by atoms with van der Waals surface area (Å²) in [6, 6.07) is 2.41. The van der Waals surface area contributed by atoms with Crippen LogP contribution in [0.15, 0.2) is 30.6 Å². The largest absolute Gasteiger partial charge is 0.434 e. The van der Waals surface area contributed by atoms with Crippen LogP contribution in [0.5, 0.6) is 0 Å². The molecule has 1 aromatic rings. The van der Waals surface area contributed by atoms with Crippen LogP contribution in [0.3, 0.4) is 0 Å². The monoisotopic (exact) mass is 244 g/mol. The molecule has 92 valence electrons. The number of allylic oxidation sites excluding steroid dienone is 1. The zero-order chi connectivity index (χ0) is 13.1. The van der Waals surface area contributed by atoms with Crippen molar-refractivity contribution in [3.63, 3.8) is 0 Å². The van der Waals surface area contributed by atoms with Gasteiger partial charge < -0.3 is 4.90 Å². The first-order valence-electron chi connectivity index (χ1n) is 4.73. The van der Waals surface area contributed by atoms with Crippen LogP contribution in [0.1, 0.15) is 16.1 Å². The molecular formula is C11H11F3N2O. The predicted molar refractivity (Wildman–Crippen MR) is 56.4 cm³/mol. The van der Waals surface area contributed by atoms with Crippen LogP contribution in [0.25, 0.3) is 0 Å². The molecule has 0 saturated heterocycles. The Balaban J connectivity index is 3.10. The molecule has 0 aliphatic rings. The highest BCUT2D eigenvalue weighted by Gasteiger charge is 2.36.